The number of benzene rings is 2. The number of carbonyl (C=O) groups is 2. The number of hydrogen-bond donors (Lipinski definition) is 1. The van der Waals surface area contributed by atoms with Crippen molar-refractivity contribution in [3.63, 3.8) is 0 Å². The van der Waals surface area contributed by atoms with E-state index in [0.717, 1.165) is 11.3 Å². The SMILES string of the molecule is Cc1ccccc1OCC(=O)Nc1ccc2c(c1)OCC(C)(C)C(=O)N2CC(C)C. The number of rotatable bonds is 6. The smallest absolute Gasteiger partial charge is 0.262 e. The highest BCUT2D eigenvalue weighted by Crippen LogP contribution is 2.38. The minimum Gasteiger partial charge on any atom is -0.490 e. The van der Waals surface area contributed by atoms with Gasteiger partial charge in [0.15, 0.2) is 6.61 Å². The van der Waals surface area contributed by atoms with Crippen molar-refractivity contribution >= 4 is 23.2 Å². The maximum Gasteiger partial charge on any atom is 0.262 e. The van der Waals surface area contributed by atoms with Crippen LogP contribution in [0, 0.1) is 18.3 Å². The van der Waals surface area contributed by atoms with Gasteiger partial charge in [0.25, 0.3) is 5.91 Å². The van der Waals surface area contributed by atoms with E-state index in [0.29, 0.717) is 29.6 Å². The third-order valence-electron chi connectivity index (χ3n) is 4.95. The van der Waals surface area contributed by atoms with E-state index >= 15 is 0 Å². The third kappa shape index (κ3) is 4.93. The Morgan fingerprint density at radius 2 is 1.97 bits per heavy atom. The van der Waals surface area contributed by atoms with Crippen LogP contribution >= 0.6 is 0 Å². The number of amides is 2. The molecule has 0 spiro atoms. The molecule has 30 heavy (non-hydrogen) atoms. The summed E-state index contributed by atoms with van der Waals surface area (Å²) in [7, 11) is 0. The summed E-state index contributed by atoms with van der Waals surface area (Å²) in [6.07, 6.45) is 0. The lowest BCUT2D eigenvalue weighted by atomic mass is 9.92. The predicted molar refractivity (Wildman–Crippen MR) is 118 cm³/mol. The number of para-hydroxylation sites is 1. The molecule has 3 rings (SSSR count). The molecular formula is C24H30N2O4. The Morgan fingerprint density at radius 1 is 1.23 bits per heavy atom. The maximum absolute atomic E-state index is 13.0. The number of fused-ring (bicyclic) bond motifs is 1. The zero-order valence-corrected chi connectivity index (χ0v) is 18.3. The first-order valence-electron chi connectivity index (χ1n) is 10.2. The highest BCUT2D eigenvalue weighted by atomic mass is 16.5. The molecule has 1 aliphatic heterocycles. The van der Waals surface area contributed by atoms with Gasteiger partial charge in [-0.1, -0.05) is 32.0 Å². The van der Waals surface area contributed by atoms with Crippen molar-refractivity contribution in [2.45, 2.75) is 34.6 Å². The van der Waals surface area contributed by atoms with Crippen LogP contribution in [0.15, 0.2) is 42.5 Å². The highest BCUT2D eigenvalue weighted by Gasteiger charge is 2.38. The van der Waals surface area contributed by atoms with E-state index in [4.69, 9.17) is 9.47 Å². The van der Waals surface area contributed by atoms with E-state index in [9.17, 15) is 9.59 Å². The number of nitrogens with zero attached hydrogens (tertiary/aromatic N) is 1. The molecule has 6 heteroatoms. The fraction of sp³-hybridized carbons (Fsp3) is 0.417. The second-order valence-electron chi connectivity index (χ2n) is 8.77. The molecule has 0 unspecified atom stereocenters. The van der Waals surface area contributed by atoms with E-state index < -0.39 is 5.41 Å². The number of anilines is 2. The Bertz CT molecular complexity index is 937. The minimum absolute atomic E-state index is 0.0402. The van der Waals surface area contributed by atoms with Crippen molar-refractivity contribution in [1.82, 2.24) is 0 Å². The second kappa shape index (κ2) is 8.78. The summed E-state index contributed by atoms with van der Waals surface area (Å²) in [5.41, 5.74) is 1.68. The van der Waals surface area contributed by atoms with E-state index in [1.54, 1.807) is 17.0 Å². The third-order valence-corrected chi connectivity index (χ3v) is 4.95. The molecule has 0 bridgehead atoms. The fourth-order valence-electron chi connectivity index (χ4n) is 3.33. The lowest BCUT2D eigenvalue weighted by molar-refractivity contribution is -0.127. The van der Waals surface area contributed by atoms with Gasteiger partial charge >= 0.3 is 0 Å². The van der Waals surface area contributed by atoms with Crippen LogP contribution in [0.3, 0.4) is 0 Å². The summed E-state index contributed by atoms with van der Waals surface area (Å²) in [6.45, 7) is 10.7. The van der Waals surface area contributed by atoms with Gasteiger partial charge in [-0.25, -0.2) is 0 Å². The molecule has 160 valence electrons. The van der Waals surface area contributed by atoms with Gasteiger partial charge in [-0.2, -0.15) is 0 Å². The van der Waals surface area contributed by atoms with Gasteiger partial charge in [0.2, 0.25) is 5.91 Å². The average molecular weight is 411 g/mol. The van der Waals surface area contributed by atoms with Crippen molar-refractivity contribution in [2.75, 3.05) is 30.0 Å². The van der Waals surface area contributed by atoms with Crippen molar-refractivity contribution in [3.8, 4) is 11.5 Å². The number of aryl methyl sites for hydroxylation is 1. The summed E-state index contributed by atoms with van der Waals surface area (Å²) in [6, 6.07) is 12.9. The molecule has 2 aromatic rings. The lowest BCUT2D eigenvalue weighted by Crippen LogP contribution is -2.43. The number of nitrogens with one attached hydrogen (secondary N) is 1. The largest absolute Gasteiger partial charge is 0.490 e. The van der Waals surface area contributed by atoms with Gasteiger partial charge in [0, 0.05) is 18.3 Å². The zero-order chi connectivity index (χ0) is 21.9. The summed E-state index contributed by atoms with van der Waals surface area (Å²) in [4.78, 5) is 27.2. The molecule has 2 aromatic carbocycles. The van der Waals surface area contributed by atoms with Crippen LogP contribution < -0.4 is 19.7 Å². The van der Waals surface area contributed by atoms with Gasteiger partial charge in [-0.15, -0.1) is 0 Å². The van der Waals surface area contributed by atoms with E-state index in [1.165, 1.54) is 0 Å². The molecular weight excluding hydrogens is 380 g/mol. The van der Waals surface area contributed by atoms with Crippen LogP contribution in [0.2, 0.25) is 0 Å². The summed E-state index contributed by atoms with van der Waals surface area (Å²) in [5, 5.41) is 2.84. The van der Waals surface area contributed by atoms with Crippen LogP contribution in [0.1, 0.15) is 33.3 Å². The van der Waals surface area contributed by atoms with E-state index in [-0.39, 0.29) is 25.0 Å². The molecule has 0 aliphatic carbocycles. The highest BCUT2D eigenvalue weighted by molar-refractivity contribution is 6.00. The molecule has 2 amide bonds. The van der Waals surface area contributed by atoms with E-state index in [1.807, 2.05) is 51.1 Å². The number of hydrogen-bond acceptors (Lipinski definition) is 4. The van der Waals surface area contributed by atoms with Crippen molar-refractivity contribution < 1.29 is 19.1 Å². The molecule has 1 N–H and O–H groups in total. The van der Waals surface area contributed by atoms with E-state index in [2.05, 4.69) is 19.2 Å². The Balaban J connectivity index is 1.75. The van der Waals surface area contributed by atoms with Crippen LogP contribution in [0.4, 0.5) is 11.4 Å². The first-order valence-corrected chi connectivity index (χ1v) is 10.2. The predicted octanol–water partition coefficient (Wildman–Crippen LogP) is 4.42. The first kappa shape index (κ1) is 21.7. The fourth-order valence-corrected chi connectivity index (χ4v) is 3.33. The molecule has 6 nitrogen and oxygen atoms in total. The lowest BCUT2D eigenvalue weighted by Gasteiger charge is -2.29. The maximum atomic E-state index is 13.0. The normalized spacial score (nSPS) is 15.3. The molecule has 0 fully saturated rings. The van der Waals surface area contributed by atoms with Gasteiger partial charge in [0.1, 0.15) is 18.1 Å². The quantitative estimate of drug-likeness (QED) is 0.765. The molecule has 0 saturated heterocycles. The number of carbonyl (C=O) groups excluding carboxylic acids is 2. The Labute approximate surface area is 178 Å². The van der Waals surface area contributed by atoms with Gasteiger partial charge in [-0.05, 0) is 50.5 Å². The van der Waals surface area contributed by atoms with Crippen LogP contribution in [0.25, 0.3) is 0 Å². The molecule has 1 heterocycles. The van der Waals surface area contributed by atoms with Gasteiger partial charge in [-0.3, -0.25) is 9.59 Å². The van der Waals surface area contributed by atoms with Gasteiger partial charge < -0.3 is 19.7 Å². The van der Waals surface area contributed by atoms with Gasteiger partial charge in [0.05, 0.1) is 11.1 Å². The monoisotopic (exact) mass is 410 g/mol. The second-order valence-corrected chi connectivity index (χ2v) is 8.77. The topological polar surface area (TPSA) is 67.9 Å². The summed E-state index contributed by atoms with van der Waals surface area (Å²) < 4.78 is 11.6. The first-order chi connectivity index (χ1) is 14.2. The Morgan fingerprint density at radius 3 is 2.67 bits per heavy atom. The average Bonchev–Trinajstić information content (AvgIpc) is 2.77. The standard InChI is InChI=1S/C24H30N2O4/c1-16(2)13-26-19-11-10-18(12-21(19)30-15-24(4,5)23(26)28)25-22(27)14-29-20-9-7-6-8-17(20)3/h6-12,16H,13-15H2,1-5H3,(H,25,27). The zero-order valence-electron chi connectivity index (χ0n) is 18.3. The summed E-state index contributed by atoms with van der Waals surface area (Å²) >= 11 is 0. The minimum atomic E-state index is -0.626. The van der Waals surface area contributed by atoms with Crippen LogP contribution in [-0.4, -0.2) is 31.6 Å². The molecule has 0 aromatic heterocycles. The molecule has 0 atom stereocenters. The van der Waals surface area contributed by atoms with Crippen molar-refractivity contribution in [2.24, 2.45) is 11.3 Å². The Hall–Kier alpha value is -3.02. The molecule has 0 radical (unpaired) electrons. The molecule has 0 saturated carbocycles. The number of ether oxygens (including phenoxy) is 2. The van der Waals surface area contributed by atoms with Crippen LogP contribution in [0.5, 0.6) is 11.5 Å². The van der Waals surface area contributed by atoms with Crippen molar-refractivity contribution in [1.29, 1.82) is 0 Å². The Kier molecular flexibility index (Phi) is 6.34. The van der Waals surface area contributed by atoms with Crippen LogP contribution in [-0.2, 0) is 9.59 Å². The molecule has 1 aliphatic rings. The summed E-state index contributed by atoms with van der Waals surface area (Å²) in [5.74, 6) is 1.37. The van der Waals surface area contributed by atoms with Crippen molar-refractivity contribution in [3.05, 3.63) is 48.0 Å².